The van der Waals surface area contributed by atoms with Gasteiger partial charge < -0.3 is 9.30 Å². The molecule has 4 aromatic rings. The number of hydrazone groups is 1. The number of sulfonamides is 1. The smallest absolute Gasteiger partial charge is 0.273 e. The van der Waals surface area contributed by atoms with E-state index in [9.17, 15) is 23.3 Å². The van der Waals surface area contributed by atoms with Crippen molar-refractivity contribution >= 4 is 33.5 Å². The zero-order chi connectivity index (χ0) is 30.6. The number of carbonyl (C=O) groups excluding carboxylic acids is 1. The Kier molecular flexibility index (Phi) is 8.76. The van der Waals surface area contributed by atoms with Crippen molar-refractivity contribution in [2.45, 2.75) is 32.6 Å². The van der Waals surface area contributed by atoms with Crippen LogP contribution in [0.15, 0.2) is 82.8 Å². The molecule has 11 nitrogen and oxygen atoms in total. The average molecular weight is 590 g/mol. The summed E-state index contributed by atoms with van der Waals surface area (Å²) in [5.41, 5.74) is 7.34. The summed E-state index contributed by atoms with van der Waals surface area (Å²) in [5.74, 6) is -0.223. The van der Waals surface area contributed by atoms with E-state index in [0.717, 1.165) is 38.6 Å². The van der Waals surface area contributed by atoms with Gasteiger partial charge in [0.1, 0.15) is 12.3 Å². The van der Waals surface area contributed by atoms with Gasteiger partial charge in [-0.2, -0.15) is 5.10 Å². The van der Waals surface area contributed by atoms with Gasteiger partial charge in [0.15, 0.2) is 0 Å². The highest BCUT2D eigenvalue weighted by Crippen LogP contribution is 2.29. The number of methoxy groups -OCH3 is 1. The Morgan fingerprint density at radius 2 is 1.76 bits per heavy atom. The molecule has 42 heavy (non-hydrogen) atoms. The van der Waals surface area contributed by atoms with Crippen molar-refractivity contribution in [3.05, 3.63) is 111 Å². The lowest BCUT2D eigenvalue weighted by Gasteiger charge is -2.24. The molecule has 0 atom stereocenters. The Bertz CT molecular complexity index is 1780. The Morgan fingerprint density at radius 1 is 1.05 bits per heavy atom. The molecule has 0 aliphatic carbocycles. The highest BCUT2D eigenvalue weighted by atomic mass is 32.2. The van der Waals surface area contributed by atoms with Crippen LogP contribution in [0.3, 0.4) is 0 Å². The van der Waals surface area contributed by atoms with Gasteiger partial charge in [-0.25, -0.2) is 13.8 Å². The van der Waals surface area contributed by atoms with E-state index >= 15 is 0 Å². The van der Waals surface area contributed by atoms with Crippen LogP contribution in [0.4, 0.5) is 11.4 Å². The number of ether oxygens (including phenoxy) is 1. The molecule has 1 amide bonds. The summed E-state index contributed by atoms with van der Waals surface area (Å²) in [6.07, 6.45) is 1.50. The molecule has 0 saturated carbocycles. The van der Waals surface area contributed by atoms with Crippen molar-refractivity contribution in [1.82, 2.24) is 9.99 Å². The maximum atomic E-state index is 13.7. The van der Waals surface area contributed by atoms with Crippen LogP contribution in [0, 0.1) is 37.8 Å². The normalized spacial score (nSPS) is 11.5. The van der Waals surface area contributed by atoms with E-state index in [1.807, 2.05) is 45.0 Å². The van der Waals surface area contributed by atoms with Crippen LogP contribution in [0.25, 0.3) is 5.69 Å². The number of benzene rings is 3. The molecular weight excluding hydrogens is 558 g/mol. The van der Waals surface area contributed by atoms with Gasteiger partial charge in [-0.3, -0.25) is 19.2 Å². The second-order valence-corrected chi connectivity index (χ2v) is 11.6. The van der Waals surface area contributed by atoms with Crippen molar-refractivity contribution in [3.8, 4) is 11.4 Å². The molecule has 0 radical (unpaired) electrons. The predicted molar refractivity (Wildman–Crippen MR) is 161 cm³/mol. The van der Waals surface area contributed by atoms with Crippen LogP contribution in [-0.4, -0.2) is 43.7 Å². The van der Waals surface area contributed by atoms with Crippen LogP contribution in [-0.2, 0) is 14.8 Å². The first kappa shape index (κ1) is 30.0. The molecule has 0 saturated heterocycles. The summed E-state index contributed by atoms with van der Waals surface area (Å²) < 4.78 is 35.5. The molecule has 1 aromatic heterocycles. The van der Waals surface area contributed by atoms with E-state index in [1.165, 1.54) is 44.5 Å². The minimum absolute atomic E-state index is 0.167. The van der Waals surface area contributed by atoms with Gasteiger partial charge >= 0.3 is 0 Å². The summed E-state index contributed by atoms with van der Waals surface area (Å²) in [6.45, 7) is 6.82. The number of carbonyl (C=O) groups is 1. The topological polar surface area (TPSA) is 136 Å². The second kappa shape index (κ2) is 12.3. The maximum Gasteiger partial charge on any atom is 0.273 e. The third-order valence-electron chi connectivity index (χ3n) is 6.74. The van der Waals surface area contributed by atoms with E-state index in [1.54, 1.807) is 12.1 Å². The summed E-state index contributed by atoms with van der Waals surface area (Å²) in [7, 11) is -2.92. The first-order chi connectivity index (χ1) is 19.9. The van der Waals surface area contributed by atoms with E-state index < -0.39 is 27.4 Å². The fraction of sp³-hybridized carbons (Fsp3) is 0.200. The molecule has 1 heterocycles. The van der Waals surface area contributed by atoms with Gasteiger partial charge in [-0.05, 0) is 81.8 Å². The average Bonchev–Trinajstić information content (AvgIpc) is 3.24. The largest absolute Gasteiger partial charge is 0.497 e. The highest BCUT2D eigenvalue weighted by Gasteiger charge is 2.29. The second-order valence-electron chi connectivity index (χ2n) is 9.71. The lowest BCUT2D eigenvalue weighted by Crippen LogP contribution is -2.39. The lowest BCUT2D eigenvalue weighted by molar-refractivity contribution is -0.385. The quantitative estimate of drug-likeness (QED) is 0.158. The minimum atomic E-state index is -4.39. The fourth-order valence-corrected chi connectivity index (χ4v) is 6.00. The van der Waals surface area contributed by atoms with Crippen LogP contribution < -0.4 is 14.5 Å². The molecule has 0 spiro atoms. The molecule has 3 aromatic carbocycles. The van der Waals surface area contributed by atoms with E-state index in [-0.39, 0.29) is 16.3 Å². The molecule has 4 rings (SSSR count). The van der Waals surface area contributed by atoms with Crippen LogP contribution in [0.5, 0.6) is 5.75 Å². The first-order valence-electron chi connectivity index (χ1n) is 12.9. The predicted octanol–water partition coefficient (Wildman–Crippen LogP) is 4.97. The number of nitro groups is 1. The number of hydrogen-bond acceptors (Lipinski definition) is 7. The number of aromatic nitrogens is 1. The molecule has 0 unspecified atom stereocenters. The van der Waals surface area contributed by atoms with Gasteiger partial charge in [-0.15, -0.1) is 0 Å². The Hall–Kier alpha value is -4.97. The van der Waals surface area contributed by atoms with E-state index in [4.69, 9.17) is 4.74 Å². The van der Waals surface area contributed by atoms with Gasteiger partial charge in [0.2, 0.25) is 0 Å². The number of anilines is 1. The summed E-state index contributed by atoms with van der Waals surface area (Å²) in [6, 6.07) is 19.7. The van der Waals surface area contributed by atoms with Gasteiger partial charge in [0, 0.05) is 34.3 Å². The van der Waals surface area contributed by atoms with Crippen molar-refractivity contribution in [1.29, 1.82) is 0 Å². The molecule has 1 N–H and O–H groups in total. The summed E-state index contributed by atoms with van der Waals surface area (Å²) in [4.78, 5) is 23.5. The van der Waals surface area contributed by atoms with Crippen LogP contribution in [0.1, 0.15) is 28.1 Å². The lowest BCUT2D eigenvalue weighted by atomic mass is 10.2. The number of rotatable bonds is 10. The first-order valence-corrected chi connectivity index (χ1v) is 14.4. The number of hydrogen-bond donors (Lipinski definition) is 1. The van der Waals surface area contributed by atoms with E-state index in [2.05, 4.69) is 21.2 Å². The molecule has 0 fully saturated rings. The molecule has 12 heteroatoms. The zero-order valence-corrected chi connectivity index (χ0v) is 24.7. The number of nitrogens with one attached hydrogen (secondary N) is 1. The Morgan fingerprint density at radius 3 is 2.40 bits per heavy atom. The number of amides is 1. The van der Waals surface area contributed by atoms with E-state index in [0.29, 0.717) is 11.3 Å². The molecule has 0 aliphatic rings. The molecule has 0 aliphatic heterocycles. The van der Waals surface area contributed by atoms with Crippen molar-refractivity contribution < 1.29 is 22.9 Å². The maximum absolute atomic E-state index is 13.7. The number of nitrogens with zero attached hydrogens (tertiary/aromatic N) is 4. The fourth-order valence-electron chi connectivity index (χ4n) is 4.56. The van der Waals surface area contributed by atoms with Gasteiger partial charge in [-0.1, -0.05) is 18.2 Å². The number of aryl methyl sites for hydroxylation is 3. The molecule has 0 bridgehead atoms. The summed E-state index contributed by atoms with van der Waals surface area (Å²) in [5, 5.41) is 15.5. The monoisotopic (exact) mass is 589 g/mol. The summed E-state index contributed by atoms with van der Waals surface area (Å²) >= 11 is 0. The van der Waals surface area contributed by atoms with Crippen LogP contribution in [0.2, 0.25) is 0 Å². The molecular formula is C30H31N5O6S. The SMILES string of the molecule is COc1ccc(N(CC(=O)N/N=C\c2cc(C)n(-c3cccc(C)c3)c2C)S(=O)(=O)c2ccc(C)c([N+](=O)[O-])c2)cc1. The third-order valence-corrected chi connectivity index (χ3v) is 8.51. The number of nitro benzene ring substituents is 1. The zero-order valence-electron chi connectivity index (χ0n) is 23.9. The van der Waals surface area contributed by atoms with Crippen molar-refractivity contribution in [2.24, 2.45) is 5.10 Å². The van der Waals surface area contributed by atoms with Crippen LogP contribution >= 0.6 is 0 Å². The van der Waals surface area contributed by atoms with Gasteiger partial charge in [0.05, 0.1) is 28.8 Å². The minimum Gasteiger partial charge on any atom is -0.497 e. The van der Waals surface area contributed by atoms with Crippen molar-refractivity contribution in [3.63, 3.8) is 0 Å². The molecule has 218 valence electrons. The Labute approximate surface area is 244 Å². The van der Waals surface area contributed by atoms with Crippen molar-refractivity contribution in [2.75, 3.05) is 18.0 Å². The van der Waals surface area contributed by atoms with Gasteiger partial charge in [0.25, 0.3) is 21.6 Å². The third kappa shape index (κ3) is 6.33. The standard InChI is InChI=1S/C30H31N5O6S/c1-20-7-6-8-26(15-20)34-22(3)16-24(23(34)4)18-31-32-30(36)19-33(25-10-12-27(41-5)13-11-25)42(39,40)28-14-9-21(2)29(17-28)35(37)38/h6-18H,19H2,1-5H3,(H,32,36)/b31-18-. The Balaban J connectivity index is 1.60. The highest BCUT2D eigenvalue weighted by molar-refractivity contribution is 7.92.